The highest BCUT2D eigenvalue weighted by atomic mass is 16.3. The summed E-state index contributed by atoms with van der Waals surface area (Å²) in [6.45, 7) is 10.8. The van der Waals surface area contributed by atoms with Gasteiger partial charge in [0.2, 0.25) is 0 Å². The number of aromatic nitrogens is 3. The lowest BCUT2D eigenvalue weighted by atomic mass is 9.97. The van der Waals surface area contributed by atoms with E-state index in [1.165, 1.54) is 29.7 Å². The number of benzene rings is 1. The monoisotopic (exact) mass is 397 g/mol. The average molecular weight is 398 g/mol. The maximum atomic E-state index is 9.54. The summed E-state index contributed by atoms with van der Waals surface area (Å²) in [6, 6.07) is 7.82. The Kier molecular flexibility index (Phi) is 6.20. The molecule has 2 aliphatic heterocycles. The third-order valence-corrected chi connectivity index (χ3v) is 6.83. The van der Waals surface area contributed by atoms with Crippen molar-refractivity contribution in [2.45, 2.75) is 71.1 Å². The molecule has 2 fully saturated rings. The number of aryl methyl sites for hydroxylation is 1. The molecule has 1 aromatic heterocycles. The third kappa shape index (κ3) is 4.64. The second kappa shape index (κ2) is 8.84. The highest BCUT2D eigenvalue weighted by Gasteiger charge is 2.29. The summed E-state index contributed by atoms with van der Waals surface area (Å²) < 4.78 is 2.03. The van der Waals surface area contributed by atoms with Crippen LogP contribution < -0.4 is 4.90 Å². The lowest BCUT2D eigenvalue weighted by Crippen LogP contribution is -2.48. The fourth-order valence-corrected chi connectivity index (χ4v) is 4.95. The first-order chi connectivity index (χ1) is 14.0. The molecule has 4 rings (SSSR count). The summed E-state index contributed by atoms with van der Waals surface area (Å²) in [5.74, 6) is 0. The summed E-state index contributed by atoms with van der Waals surface area (Å²) in [4.78, 5) is 5.27. The number of hydrogen-bond acceptors (Lipinski definition) is 5. The van der Waals surface area contributed by atoms with Crippen LogP contribution in [0.2, 0.25) is 0 Å². The summed E-state index contributed by atoms with van der Waals surface area (Å²) in [5, 5.41) is 18.1. The summed E-state index contributed by atoms with van der Waals surface area (Å²) >= 11 is 0. The summed E-state index contributed by atoms with van der Waals surface area (Å²) in [6.07, 6.45) is 7.01. The van der Waals surface area contributed by atoms with Gasteiger partial charge in [0.05, 0.1) is 17.8 Å². The van der Waals surface area contributed by atoms with Gasteiger partial charge < -0.3 is 14.9 Å². The minimum atomic E-state index is -0.364. The van der Waals surface area contributed by atoms with Crippen LogP contribution in [-0.2, 0) is 6.42 Å². The Labute approximate surface area is 174 Å². The normalized spacial score (nSPS) is 20.9. The molecular formula is C23H35N5O. The molecule has 6 nitrogen and oxygen atoms in total. The molecule has 0 unspecified atom stereocenters. The quantitative estimate of drug-likeness (QED) is 0.840. The van der Waals surface area contributed by atoms with Crippen molar-refractivity contribution < 1.29 is 5.11 Å². The molecule has 0 spiro atoms. The summed E-state index contributed by atoms with van der Waals surface area (Å²) in [5.41, 5.74) is 5.12. The van der Waals surface area contributed by atoms with Crippen molar-refractivity contribution in [1.29, 1.82) is 0 Å². The first-order valence-electron chi connectivity index (χ1n) is 11.1. The van der Waals surface area contributed by atoms with E-state index < -0.39 is 0 Å². The molecule has 29 heavy (non-hydrogen) atoms. The largest absolute Gasteiger partial charge is 0.393 e. The summed E-state index contributed by atoms with van der Waals surface area (Å²) in [7, 11) is 0. The lowest BCUT2D eigenvalue weighted by Gasteiger charge is -2.42. The molecule has 1 N–H and O–H groups in total. The minimum Gasteiger partial charge on any atom is -0.393 e. The van der Waals surface area contributed by atoms with Gasteiger partial charge in [0.15, 0.2) is 0 Å². The van der Waals surface area contributed by atoms with E-state index in [0.29, 0.717) is 18.5 Å². The van der Waals surface area contributed by atoms with Gasteiger partial charge >= 0.3 is 0 Å². The van der Waals surface area contributed by atoms with Crippen LogP contribution in [-0.4, -0.2) is 63.3 Å². The van der Waals surface area contributed by atoms with E-state index in [0.717, 1.165) is 44.7 Å². The van der Waals surface area contributed by atoms with Gasteiger partial charge in [-0.05, 0) is 63.6 Å². The minimum absolute atomic E-state index is 0.364. The lowest BCUT2D eigenvalue weighted by molar-refractivity contribution is 0.113. The number of anilines is 1. The molecule has 2 aromatic rings. The molecule has 0 saturated carbocycles. The Morgan fingerprint density at radius 2 is 1.72 bits per heavy atom. The highest BCUT2D eigenvalue weighted by molar-refractivity contribution is 5.56. The van der Waals surface area contributed by atoms with E-state index in [1.54, 1.807) is 6.92 Å². The topological polar surface area (TPSA) is 57.4 Å². The van der Waals surface area contributed by atoms with Gasteiger partial charge in [0.25, 0.3) is 0 Å². The molecule has 0 aliphatic carbocycles. The molecule has 3 heterocycles. The Morgan fingerprint density at radius 1 is 1.03 bits per heavy atom. The highest BCUT2D eigenvalue weighted by Crippen LogP contribution is 2.30. The van der Waals surface area contributed by atoms with Crippen LogP contribution >= 0.6 is 0 Å². The van der Waals surface area contributed by atoms with Crippen molar-refractivity contribution in [1.82, 2.24) is 19.9 Å². The second-order valence-corrected chi connectivity index (χ2v) is 8.95. The first kappa shape index (κ1) is 20.4. The van der Waals surface area contributed by atoms with Crippen molar-refractivity contribution in [3.8, 4) is 0 Å². The van der Waals surface area contributed by atoms with Crippen molar-refractivity contribution >= 4 is 5.69 Å². The molecule has 6 heteroatoms. The van der Waals surface area contributed by atoms with Gasteiger partial charge in [-0.1, -0.05) is 17.3 Å². The maximum Gasteiger partial charge on any atom is 0.0852 e. The standard InChI is InChI=1S/C23H35N5O/c1-17-5-4-6-23(19(17)3)27-13-7-21(8-14-27)26-11-9-22(10-12-26)28-16-20(24-25-28)15-18(2)29/h4-6,16,18,21-22,29H,7-15H2,1-3H3/t18-/m1/s1. The van der Waals surface area contributed by atoms with Crippen molar-refractivity contribution in [3.63, 3.8) is 0 Å². The zero-order chi connectivity index (χ0) is 20.4. The molecule has 0 radical (unpaired) electrons. The smallest absolute Gasteiger partial charge is 0.0852 e. The molecule has 0 bridgehead atoms. The number of hydrogen-bond donors (Lipinski definition) is 1. The number of aliphatic hydroxyl groups excluding tert-OH is 1. The second-order valence-electron chi connectivity index (χ2n) is 8.95. The van der Waals surface area contributed by atoms with Gasteiger partial charge in [-0.25, -0.2) is 4.68 Å². The van der Waals surface area contributed by atoms with Crippen LogP contribution in [0.25, 0.3) is 0 Å². The number of piperidine rings is 2. The molecule has 2 saturated heterocycles. The zero-order valence-electron chi connectivity index (χ0n) is 18.1. The van der Waals surface area contributed by atoms with Gasteiger partial charge in [0, 0.05) is 50.5 Å². The van der Waals surface area contributed by atoms with Crippen LogP contribution in [0.5, 0.6) is 0 Å². The Hall–Kier alpha value is -1.92. The Balaban J connectivity index is 1.28. The SMILES string of the molecule is Cc1cccc(N2CCC(N3CCC(n4cc(C[C@@H](C)O)nn4)CC3)CC2)c1C. The third-order valence-electron chi connectivity index (χ3n) is 6.83. The van der Waals surface area contributed by atoms with Gasteiger partial charge in [-0.2, -0.15) is 0 Å². The Morgan fingerprint density at radius 3 is 2.41 bits per heavy atom. The fraction of sp³-hybridized carbons (Fsp3) is 0.652. The number of rotatable bonds is 5. The van der Waals surface area contributed by atoms with Crippen LogP contribution in [0.15, 0.2) is 24.4 Å². The van der Waals surface area contributed by atoms with E-state index in [1.807, 2.05) is 10.9 Å². The molecule has 2 aliphatic rings. The predicted molar refractivity (Wildman–Crippen MR) is 116 cm³/mol. The van der Waals surface area contributed by atoms with Crippen LogP contribution in [0.4, 0.5) is 5.69 Å². The first-order valence-corrected chi connectivity index (χ1v) is 11.1. The van der Waals surface area contributed by atoms with Crippen LogP contribution in [0.3, 0.4) is 0 Å². The van der Waals surface area contributed by atoms with Crippen LogP contribution in [0.1, 0.15) is 55.5 Å². The van der Waals surface area contributed by atoms with Crippen LogP contribution in [0, 0.1) is 13.8 Å². The number of nitrogens with zero attached hydrogens (tertiary/aromatic N) is 5. The van der Waals surface area contributed by atoms with E-state index >= 15 is 0 Å². The van der Waals surface area contributed by atoms with Gasteiger partial charge in [-0.3, -0.25) is 0 Å². The van der Waals surface area contributed by atoms with Crippen molar-refractivity contribution in [2.75, 3.05) is 31.1 Å². The maximum absolute atomic E-state index is 9.54. The molecule has 158 valence electrons. The Bertz CT molecular complexity index is 801. The fourth-order valence-electron chi connectivity index (χ4n) is 4.95. The van der Waals surface area contributed by atoms with E-state index in [-0.39, 0.29) is 6.10 Å². The number of likely N-dealkylation sites (tertiary alicyclic amines) is 1. The molecule has 1 atom stereocenters. The van der Waals surface area contributed by atoms with E-state index in [2.05, 4.69) is 52.2 Å². The van der Waals surface area contributed by atoms with Gasteiger partial charge in [0.1, 0.15) is 0 Å². The molecule has 1 aromatic carbocycles. The van der Waals surface area contributed by atoms with E-state index in [9.17, 15) is 5.11 Å². The predicted octanol–water partition coefficient (Wildman–Crippen LogP) is 3.12. The molecule has 0 amide bonds. The van der Waals surface area contributed by atoms with Crippen molar-refractivity contribution in [3.05, 3.63) is 41.2 Å². The van der Waals surface area contributed by atoms with Crippen molar-refractivity contribution in [2.24, 2.45) is 0 Å². The zero-order valence-corrected chi connectivity index (χ0v) is 18.1. The number of aliphatic hydroxyl groups is 1. The molecular weight excluding hydrogens is 362 g/mol. The van der Waals surface area contributed by atoms with Gasteiger partial charge in [-0.15, -0.1) is 5.10 Å². The average Bonchev–Trinajstić information content (AvgIpc) is 3.18. The van der Waals surface area contributed by atoms with E-state index in [4.69, 9.17) is 0 Å².